The Balaban J connectivity index is 1.33. The number of sulfonamides is 1. The SMILES string of the molecule is Cc1nc(Oc2ccc(NS(=O)(=O)c3ccc4c(c3)OCCO4)cc2)cc(-n2nc(C)c(C)c2C)n1. The van der Waals surface area contributed by atoms with Gasteiger partial charge in [0.15, 0.2) is 17.3 Å². The van der Waals surface area contributed by atoms with E-state index in [4.69, 9.17) is 14.2 Å². The molecule has 0 aliphatic carbocycles. The Bertz CT molecular complexity index is 1550. The molecule has 0 radical (unpaired) electrons. The number of anilines is 1. The number of nitrogens with zero attached hydrogens (tertiary/aromatic N) is 4. The van der Waals surface area contributed by atoms with Gasteiger partial charge in [-0.05, 0) is 69.7 Å². The van der Waals surface area contributed by atoms with Crippen LogP contribution < -0.4 is 18.9 Å². The van der Waals surface area contributed by atoms with E-state index >= 15 is 0 Å². The highest BCUT2D eigenvalue weighted by Crippen LogP contribution is 2.33. The highest BCUT2D eigenvalue weighted by atomic mass is 32.2. The number of aryl methyl sites for hydroxylation is 2. The van der Waals surface area contributed by atoms with E-state index in [0.29, 0.717) is 53.7 Å². The fourth-order valence-electron chi connectivity index (χ4n) is 3.75. The van der Waals surface area contributed by atoms with Crippen molar-refractivity contribution in [2.24, 2.45) is 0 Å². The van der Waals surface area contributed by atoms with Crippen molar-refractivity contribution < 1.29 is 22.6 Å². The average molecular weight is 508 g/mol. The van der Waals surface area contributed by atoms with Crippen molar-refractivity contribution in [2.45, 2.75) is 32.6 Å². The van der Waals surface area contributed by atoms with E-state index in [-0.39, 0.29) is 4.90 Å². The van der Waals surface area contributed by atoms with Gasteiger partial charge in [0.25, 0.3) is 10.0 Å². The topological polar surface area (TPSA) is 117 Å². The second kappa shape index (κ2) is 9.15. The van der Waals surface area contributed by atoms with Gasteiger partial charge in [0.05, 0.1) is 10.6 Å². The number of rotatable bonds is 6. The minimum absolute atomic E-state index is 0.0791. The number of hydrogen-bond donors (Lipinski definition) is 1. The fourth-order valence-corrected chi connectivity index (χ4v) is 4.82. The molecule has 0 fully saturated rings. The van der Waals surface area contributed by atoms with Crippen LogP contribution in [0.5, 0.6) is 23.1 Å². The van der Waals surface area contributed by atoms with Gasteiger partial charge in [0.2, 0.25) is 5.88 Å². The molecule has 4 aromatic rings. The monoisotopic (exact) mass is 507 g/mol. The first-order valence-electron chi connectivity index (χ1n) is 11.3. The quantitative estimate of drug-likeness (QED) is 0.411. The summed E-state index contributed by atoms with van der Waals surface area (Å²) in [4.78, 5) is 8.93. The molecule has 1 aliphatic heterocycles. The summed E-state index contributed by atoms with van der Waals surface area (Å²) in [6.45, 7) is 8.54. The molecular weight excluding hydrogens is 482 g/mol. The third kappa shape index (κ3) is 4.69. The molecule has 5 rings (SSSR count). The van der Waals surface area contributed by atoms with Gasteiger partial charge < -0.3 is 14.2 Å². The van der Waals surface area contributed by atoms with Crippen molar-refractivity contribution >= 4 is 15.7 Å². The van der Waals surface area contributed by atoms with Gasteiger partial charge in [-0.15, -0.1) is 0 Å². The predicted molar refractivity (Wildman–Crippen MR) is 133 cm³/mol. The van der Waals surface area contributed by atoms with E-state index in [2.05, 4.69) is 19.8 Å². The van der Waals surface area contributed by atoms with Crippen LogP contribution >= 0.6 is 0 Å². The van der Waals surface area contributed by atoms with Crippen molar-refractivity contribution in [1.29, 1.82) is 0 Å². The summed E-state index contributed by atoms with van der Waals surface area (Å²) in [5.74, 6) is 2.92. The van der Waals surface area contributed by atoms with E-state index in [1.807, 2.05) is 20.8 Å². The summed E-state index contributed by atoms with van der Waals surface area (Å²) in [6.07, 6.45) is 0. The van der Waals surface area contributed by atoms with Crippen LogP contribution in [-0.4, -0.2) is 41.4 Å². The van der Waals surface area contributed by atoms with Crippen LogP contribution in [0.3, 0.4) is 0 Å². The van der Waals surface area contributed by atoms with Gasteiger partial charge in [-0.25, -0.2) is 18.1 Å². The summed E-state index contributed by atoms with van der Waals surface area (Å²) < 4.78 is 46.9. The van der Waals surface area contributed by atoms with Gasteiger partial charge in [0, 0.05) is 23.5 Å². The van der Waals surface area contributed by atoms with E-state index < -0.39 is 10.0 Å². The summed E-state index contributed by atoms with van der Waals surface area (Å²) in [7, 11) is -3.82. The van der Waals surface area contributed by atoms with Gasteiger partial charge in [0.1, 0.15) is 24.8 Å². The van der Waals surface area contributed by atoms with E-state index in [1.165, 1.54) is 12.1 Å². The summed E-state index contributed by atoms with van der Waals surface area (Å²) in [5, 5.41) is 4.55. The number of fused-ring (bicyclic) bond motifs is 1. The molecule has 10 nitrogen and oxygen atoms in total. The summed E-state index contributed by atoms with van der Waals surface area (Å²) >= 11 is 0. The zero-order valence-electron chi connectivity index (χ0n) is 20.3. The molecular formula is C25H25N5O5S. The zero-order valence-corrected chi connectivity index (χ0v) is 21.1. The lowest BCUT2D eigenvalue weighted by molar-refractivity contribution is 0.171. The van der Waals surface area contributed by atoms with Crippen LogP contribution in [0.2, 0.25) is 0 Å². The third-order valence-electron chi connectivity index (χ3n) is 5.82. The molecule has 11 heteroatoms. The Labute approximate surface area is 208 Å². The molecule has 0 spiro atoms. The van der Waals surface area contributed by atoms with Gasteiger partial charge in [-0.2, -0.15) is 10.1 Å². The van der Waals surface area contributed by atoms with E-state index in [0.717, 1.165) is 17.0 Å². The van der Waals surface area contributed by atoms with Gasteiger partial charge in [-0.1, -0.05) is 0 Å². The minimum Gasteiger partial charge on any atom is -0.486 e. The largest absolute Gasteiger partial charge is 0.486 e. The van der Waals surface area contributed by atoms with Crippen molar-refractivity contribution in [3.8, 4) is 28.9 Å². The van der Waals surface area contributed by atoms with Crippen LogP contribution in [-0.2, 0) is 10.0 Å². The third-order valence-corrected chi connectivity index (χ3v) is 7.20. The maximum absolute atomic E-state index is 12.9. The first-order valence-corrected chi connectivity index (χ1v) is 12.8. The lowest BCUT2D eigenvalue weighted by Crippen LogP contribution is -2.17. The minimum atomic E-state index is -3.82. The maximum atomic E-state index is 12.9. The van der Waals surface area contributed by atoms with Crippen LogP contribution in [0.25, 0.3) is 5.82 Å². The number of hydrogen-bond acceptors (Lipinski definition) is 8. The van der Waals surface area contributed by atoms with E-state index in [1.54, 1.807) is 48.0 Å². The Morgan fingerprint density at radius 2 is 1.64 bits per heavy atom. The van der Waals surface area contributed by atoms with Crippen molar-refractivity contribution in [2.75, 3.05) is 17.9 Å². The number of aromatic nitrogens is 4. The molecule has 0 saturated heterocycles. The molecule has 2 aromatic carbocycles. The molecule has 0 atom stereocenters. The standard InChI is InChI=1S/C25H25N5O5S/c1-15-16(2)28-30(17(15)3)24-14-25(27-18(4)26-24)35-20-7-5-19(6-8-20)29-36(31,32)21-9-10-22-23(13-21)34-12-11-33-22/h5-10,13-14,29H,11-12H2,1-4H3. The lowest BCUT2D eigenvalue weighted by Gasteiger charge is -2.19. The van der Waals surface area contributed by atoms with E-state index in [9.17, 15) is 8.42 Å². The molecule has 1 N–H and O–H groups in total. The fraction of sp³-hybridized carbons (Fsp3) is 0.240. The predicted octanol–water partition coefficient (Wildman–Crippen LogP) is 4.26. The molecule has 2 aromatic heterocycles. The molecule has 0 unspecified atom stereocenters. The number of benzene rings is 2. The highest BCUT2D eigenvalue weighted by molar-refractivity contribution is 7.92. The van der Waals surface area contributed by atoms with Gasteiger partial charge >= 0.3 is 0 Å². The smallest absolute Gasteiger partial charge is 0.262 e. The summed E-state index contributed by atoms with van der Waals surface area (Å²) in [6, 6.07) is 12.8. The molecule has 1 aliphatic rings. The average Bonchev–Trinajstić information content (AvgIpc) is 3.11. The number of ether oxygens (including phenoxy) is 3. The Hall–Kier alpha value is -4.12. The van der Waals surface area contributed by atoms with Crippen molar-refractivity contribution in [3.63, 3.8) is 0 Å². The number of nitrogens with one attached hydrogen (secondary N) is 1. The molecule has 186 valence electrons. The van der Waals surface area contributed by atoms with Crippen LogP contribution in [0.1, 0.15) is 22.8 Å². The highest BCUT2D eigenvalue weighted by Gasteiger charge is 2.20. The Kier molecular flexibility index (Phi) is 6.00. The maximum Gasteiger partial charge on any atom is 0.262 e. The van der Waals surface area contributed by atoms with Crippen molar-refractivity contribution in [3.05, 3.63) is 71.3 Å². The Morgan fingerprint density at radius 1 is 0.917 bits per heavy atom. The Morgan fingerprint density at radius 3 is 2.33 bits per heavy atom. The van der Waals surface area contributed by atoms with Crippen LogP contribution in [0, 0.1) is 27.7 Å². The molecule has 0 saturated carbocycles. The van der Waals surface area contributed by atoms with Crippen LogP contribution in [0.15, 0.2) is 53.4 Å². The van der Waals surface area contributed by atoms with Crippen molar-refractivity contribution in [1.82, 2.24) is 19.7 Å². The molecule has 36 heavy (non-hydrogen) atoms. The zero-order chi connectivity index (χ0) is 25.4. The second-order valence-electron chi connectivity index (χ2n) is 8.36. The molecule has 0 amide bonds. The first kappa shape index (κ1) is 23.6. The normalized spacial score (nSPS) is 12.9. The first-order chi connectivity index (χ1) is 17.2. The summed E-state index contributed by atoms with van der Waals surface area (Å²) in [5.41, 5.74) is 3.41. The molecule has 0 bridgehead atoms. The van der Waals surface area contributed by atoms with Gasteiger partial charge in [-0.3, -0.25) is 4.72 Å². The van der Waals surface area contributed by atoms with Crippen LogP contribution in [0.4, 0.5) is 5.69 Å². The molecule has 3 heterocycles. The lowest BCUT2D eigenvalue weighted by atomic mass is 10.2. The second-order valence-corrected chi connectivity index (χ2v) is 10.0.